The molecule has 96 valence electrons. The molecule has 1 aliphatic heterocycles. The van der Waals surface area contributed by atoms with Crippen LogP contribution in [0.2, 0.25) is 0 Å². The zero-order valence-electron chi connectivity index (χ0n) is 10.1. The van der Waals surface area contributed by atoms with E-state index in [2.05, 4.69) is 66.4 Å². The lowest BCUT2D eigenvalue weighted by atomic mass is 9.97. The molecular formula is C15H12Br2N2. The SMILES string of the molecule is Brc1cccc(C2CC(c3cccc(Br)c3)N=N2)c1. The Morgan fingerprint density at radius 3 is 1.68 bits per heavy atom. The van der Waals surface area contributed by atoms with Crippen molar-refractivity contribution in [1.29, 1.82) is 0 Å². The maximum atomic E-state index is 4.42. The largest absolute Gasteiger partial charge is 0.185 e. The molecule has 0 aliphatic carbocycles. The Hall–Kier alpha value is -1.00. The van der Waals surface area contributed by atoms with Gasteiger partial charge in [-0.3, -0.25) is 0 Å². The van der Waals surface area contributed by atoms with Crippen molar-refractivity contribution in [1.82, 2.24) is 0 Å². The van der Waals surface area contributed by atoms with E-state index < -0.39 is 0 Å². The first-order valence-electron chi connectivity index (χ1n) is 6.13. The van der Waals surface area contributed by atoms with Crippen molar-refractivity contribution in [3.63, 3.8) is 0 Å². The molecule has 0 bridgehead atoms. The number of nitrogens with zero attached hydrogens (tertiary/aromatic N) is 2. The Morgan fingerprint density at radius 1 is 0.789 bits per heavy atom. The fraction of sp³-hybridized carbons (Fsp3) is 0.200. The summed E-state index contributed by atoms with van der Waals surface area (Å²) in [5.74, 6) is 0. The number of halogens is 2. The van der Waals surface area contributed by atoms with Crippen molar-refractivity contribution in [2.75, 3.05) is 0 Å². The highest BCUT2D eigenvalue weighted by Crippen LogP contribution is 2.39. The van der Waals surface area contributed by atoms with Gasteiger partial charge in [-0.15, -0.1) is 0 Å². The summed E-state index contributed by atoms with van der Waals surface area (Å²) in [5, 5.41) is 8.85. The van der Waals surface area contributed by atoms with E-state index in [0.29, 0.717) is 0 Å². The van der Waals surface area contributed by atoms with Crippen molar-refractivity contribution < 1.29 is 0 Å². The van der Waals surface area contributed by atoms with Crippen LogP contribution in [0.3, 0.4) is 0 Å². The van der Waals surface area contributed by atoms with Crippen LogP contribution in [-0.4, -0.2) is 0 Å². The fourth-order valence-electron chi connectivity index (χ4n) is 2.30. The zero-order valence-corrected chi connectivity index (χ0v) is 13.3. The standard InChI is InChI=1S/C15H12Br2N2/c16-12-5-1-3-10(7-12)14-9-15(19-18-14)11-4-2-6-13(17)8-11/h1-8,14-15H,9H2. The molecule has 0 saturated heterocycles. The van der Waals surface area contributed by atoms with E-state index in [1.807, 2.05) is 24.3 Å². The van der Waals surface area contributed by atoms with Crippen LogP contribution in [0.1, 0.15) is 29.6 Å². The highest BCUT2D eigenvalue weighted by molar-refractivity contribution is 9.10. The second-order valence-electron chi connectivity index (χ2n) is 4.61. The first kappa shape index (κ1) is 13.0. The van der Waals surface area contributed by atoms with E-state index >= 15 is 0 Å². The average Bonchev–Trinajstić information content (AvgIpc) is 2.88. The predicted molar refractivity (Wildman–Crippen MR) is 83.2 cm³/mol. The molecule has 19 heavy (non-hydrogen) atoms. The number of hydrogen-bond donors (Lipinski definition) is 0. The van der Waals surface area contributed by atoms with Gasteiger partial charge in [0.2, 0.25) is 0 Å². The van der Waals surface area contributed by atoms with Gasteiger partial charge in [0.05, 0.1) is 12.1 Å². The van der Waals surface area contributed by atoms with Gasteiger partial charge in [0.1, 0.15) is 0 Å². The lowest BCUT2D eigenvalue weighted by Gasteiger charge is -2.09. The first-order chi connectivity index (χ1) is 9.22. The Bertz CT molecular complexity index is 572. The molecule has 0 aromatic heterocycles. The summed E-state index contributed by atoms with van der Waals surface area (Å²) in [4.78, 5) is 0. The van der Waals surface area contributed by atoms with Gasteiger partial charge in [-0.1, -0.05) is 56.1 Å². The molecule has 0 amide bonds. The minimum atomic E-state index is 0.168. The molecule has 0 fully saturated rings. The summed E-state index contributed by atoms with van der Waals surface area (Å²) in [7, 11) is 0. The maximum absolute atomic E-state index is 4.42. The fourth-order valence-corrected chi connectivity index (χ4v) is 3.13. The van der Waals surface area contributed by atoms with E-state index in [4.69, 9.17) is 0 Å². The van der Waals surface area contributed by atoms with Gasteiger partial charge in [0, 0.05) is 15.4 Å². The third kappa shape index (κ3) is 2.95. The van der Waals surface area contributed by atoms with Crippen molar-refractivity contribution in [3.8, 4) is 0 Å². The van der Waals surface area contributed by atoms with Gasteiger partial charge in [0.25, 0.3) is 0 Å². The normalized spacial score (nSPS) is 21.8. The van der Waals surface area contributed by atoms with Gasteiger partial charge in [-0.05, 0) is 35.4 Å². The Morgan fingerprint density at radius 2 is 1.26 bits per heavy atom. The van der Waals surface area contributed by atoms with E-state index in [-0.39, 0.29) is 12.1 Å². The highest BCUT2D eigenvalue weighted by Gasteiger charge is 2.24. The molecule has 2 atom stereocenters. The van der Waals surface area contributed by atoms with Crippen LogP contribution < -0.4 is 0 Å². The number of hydrogen-bond acceptors (Lipinski definition) is 2. The molecule has 1 aliphatic rings. The summed E-state index contributed by atoms with van der Waals surface area (Å²) in [5.41, 5.74) is 2.44. The predicted octanol–water partition coefficient (Wildman–Crippen LogP) is 5.85. The lowest BCUT2D eigenvalue weighted by molar-refractivity contribution is 0.659. The van der Waals surface area contributed by atoms with E-state index in [9.17, 15) is 0 Å². The second kappa shape index (κ2) is 5.55. The molecule has 3 rings (SSSR count). The van der Waals surface area contributed by atoms with Gasteiger partial charge in [-0.2, -0.15) is 10.2 Å². The third-order valence-corrected chi connectivity index (χ3v) is 4.25. The molecule has 0 saturated carbocycles. The summed E-state index contributed by atoms with van der Waals surface area (Å²) in [6.07, 6.45) is 0.937. The van der Waals surface area contributed by atoms with Crippen molar-refractivity contribution >= 4 is 31.9 Å². The first-order valence-corrected chi connectivity index (χ1v) is 7.72. The highest BCUT2D eigenvalue weighted by atomic mass is 79.9. The molecule has 2 nitrogen and oxygen atoms in total. The van der Waals surface area contributed by atoms with Crippen molar-refractivity contribution in [2.45, 2.75) is 18.5 Å². The van der Waals surface area contributed by atoms with Gasteiger partial charge < -0.3 is 0 Å². The summed E-state index contributed by atoms with van der Waals surface area (Å²) in [6.45, 7) is 0. The van der Waals surface area contributed by atoms with Crippen LogP contribution in [-0.2, 0) is 0 Å². The summed E-state index contributed by atoms with van der Waals surface area (Å²) < 4.78 is 2.18. The summed E-state index contributed by atoms with van der Waals surface area (Å²) in [6, 6.07) is 16.9. The van der Waals surface area contributed by atoms with Gasteiger partial charge in [0.15, 0.2) is 0 Å². The quantitative estimate of drug-likeness (QED) is 0.625. The number of rotatable bonds is 2. The number of azo groups is 1. The van der Waals surface area contributed by atoms with Crippen LogP contribution in [0.15, 0.2) is 67.7 Å². The Balaban J connectivity index is 1.80. The van der Waals surface area contributed by atoms with E-state index in [1.54, 1.807) is 0 Å². The molecule has 0 N–H and O–H groups in total. The van der Waals surface area contributed by atoms with Gasteiger partial charge >= 0.3 is 0 Å². The molecule has 2 unspecified atom stereocenters. The smallest absolute Gasteiger partial charge is 0.0982 e. The van der Waals surface area contributed by atoms with Crippen LogP contribution >= 0.6 is 31.9 Å². The summed E-state index contributed by atoms with van der Waals surface area (Å²) >= 11 is 7.00. The molecule has 0 spiro atoms. The van der Waals surface area contributed by atoms with Crippen LogP contribution in [0.25, 0.3) is 0 Å². The third-order valence-electron chi connectivity index (χ3n) is 3.26. The van der Waals surface area contributed by atoms with E-state index in [1.165, 1.54) is 11.1 Å². The van der Waals surface area contributed by atoms with Crippen LogP contribution in [0, 0.1) is 0 Å². The molecule has 2 aromatic rings. The van der Waals surface area contributed by atoms with Crippen molar-refractivity contribution in [2.24, 2.45) is 10.2 Å². The Kier molecular flexibility index (Phi) is 3.80. The van der Waals surface area contributed by atoms with Crippen LogP contribution in [0.5, 0.6) is 0 Å². The molecular weight excluding hydrogens is 368 g/mol. The second-order valence-corrected chi connectivity index (χ2v) is 6.44. The average molecular weight is 380 g/mol. The minimum absolute atomic E-state index is 0.168. The lowest BCUT2D eigenvalue weighted by Crippen LogP contribution is -1.96. The maximum Gasteiger partial charge on any atom is 0.0982 e. The minimum Gasteiger partial charge on any atom is -0.185 e. The van der Waals surface area contributed by atoms with Crippen LogP contribution in [0.4, 0.5) is 0 Å². The Labute approximate surface area is 129 Å². The van der Waals surface area contributed by atoms with Crippen molar-refractivity contribution in [3.05, 3.63) is 68.6 Å². The zero-order chi connectivity index (χ0) is 13.2. The monoisotopic (exact) mass is 378 g/mol. The molecule has 1 heterocycles. The van der Waals surface area contributed by atoms with Gasteiger partial charge in [-0.25, -0.2) is 0 Å². The molecule has 2 aromatic carbocycles. The van der Waals surface area contributed by atoms with E-state index in [0.717, 1.165) is 15.4 Å². The topological polar surface area (TPSA) is 24.7 Å². The number of benzene rings is 2. The molecule has 0 radical (unpaired) electrons. The molecule has 4 heteroatoms.